The minimum absolute atomic E-state index is 0.0452. The first-order valence-corrected chi connectivity index (χ1v) is 14.1. The normalized spacial score (nSPS) is 12.2. The van der Waals surface area contributed by atoms with Gasteiger partial charge in [0.25, 0.3) is 0 Å². The molecule has 0 aromatic heterocycles. The van der Waals surface area contributed by atoms with Gasteiger partial charge in [0.15, 0.2) is 0 Å². The predicted octanol–water partition coefficient (Wildman–Crippen LogP) is 4.35. The molecule has 0 radical (unpaired) electrons. The Bertz CT molecular complexity index is 1160. The molecular weight excluding hydrogens is 525 g/mol. The number of hydrogen-bond donors (Lipinski definition) is 1. The summed E-state index contributed by atoms with van der Waals surface area (Å²) >= 11 is 12.2. The monoisotopic (exact) mass is 557 g/mol. The molecule has 0 fully saturated rings. The van der Waals surface area contributed by atoms with Gasteiger partial charge in [-0.3, -0.25) is 13.9 Å². The predicted molar refractivity (Wildman–Crippen MR) is 144 cm³/mol. The number of amides is 2. The van der Waals surface area contributed by atoms with E-state index in [2.05, 4.69) is 5.32 Å². The van der Waals surface area contributed by atoms with E-state index in [0.717, 1.165) is 10.6 Å². The highest BCUT2D eigenvalue weighted by molar-refractivity contribution is 7.92. The van der Waals surface area contributed by atoms with Crippen LogP contribution in [0.15, 0.2) is 42.5 Å². The van der Waals surface area contributed by atoms with E-state index in [4.69, 9.17) is 27.9 Å². The zero-order chi connectivity index (χ0) is 27.0. The van der Waals surface area contributed by atoms with Gasteiger partial charge in [-0.05, 0) is 54.3 Å². The van der Waals surface area contributed by atoms with Crippen LogP contribution in [-0.4, -0.2) is 57.6 Å². The van der Waals surface area contributed by atoms with Gasteiger partial charge in [0, 0.05) is 13.1 Å². The number of methoxy groups -OCH3 is 1. The van der Waals surface area contributed by atoms with Crippen molar-refractivity contribution in [3.8, 4) is 5.75 Å². The minimum Gasteiger partial charge on any atom is -0.497 e. The molecule has 0 unspecified atom stereocenters. The molecule has 0 aliphatic heterocycles. The standard InChI is InChI=1S/C25H33Cl2N3O5S/c1-6-23(25(32)28-14-17(2)3)29(15-18-7-12-21(26)22(27)13-18)24(31)16-30(36(5,33)34)19-8-10-20(35-4)11-9-19/h7-13,17,23H,6,14-16H2,1-5H3,(H,28,32)/t23-/m1/s1. The Morgan fingerprint density at radius 3 is 2.19 bits per heavy atom. The first-order valence-electron chi connectivity index (χ1n) is 11.5. The van der Waals surface area contributed by atoms with Gasteiger partial charge in [-0.1, -0.05) is 50.0 Å². The number of nitrogens with one attached hydrogen (secondary N) is 1. The van der Waals surface area contributed by atoms with Crippen molar-refractivity contribution in [3.05, 3.63) is 58.1 Å². The largest absolute Gasteiger partial charge is 0.497 e. The van der Waals surface area contributed by atoms with Crippen molar-refractivity contribution in [1.82, 2.24) is 10.2 Å². The first-order chi connectivity index (χ1) is 16.9. The van der Waals surface area contributed by atoms with Gasteiger partial charge in [-0.2, -0.15) is 0 Å². The maximum absolute atomic E-state index is 13.7. The first kappa shape index (κ1) is 29.7. The smallest absolute Gasteiger partial charge is 0.244 e. The van der Waals surface area contributed by atoms with Gasteiger partial charge in [-0.15, -0.1) is 0 Å². The van der Waals surface area contributed by atoms with E-state index in [1.54, 1.807) is 49.4 Å². The van der Waals surface area contributed by atoms with Crippen LogP contribution < -0.4 is 14.4 Å². The van der Waals surface area contributed by atoms with Crippen molar-refractivity contribution in [2.45, 2.75) is 39.8 Å². The van der Waals surface area contributed by atoms with Crippen molar-refractivity contribution in [3.63, 3.8) is 0 Å². The van der Waals surface area contributed by atoms with Crippen LogP contribution in [-0.2, 0) is 26.2 Å². The number of halogens is 2. The summed E-state index contributed by atoms with van der Waals surface area (Å²) in [6.07, 6.45) is 1.36. The minimum atomic E-state index is -3.82. The van der Waals surface area contributed by atoms with Gasteiger partial charge < -0.3 is 15.0 Å². The molecule has 8 nitrogen and oxygen atoms in total. The maximum atomic E-state index is 13.7. The summed E-state index contributed by atoms with van der Waals surface area (Å²) in [7, 11) is -2.32. The number of carbonyl (C=O) groups excluding carboxylic acids is 2. The molecule has 0 aliphatic rings. The SMILES string of the molecule is CC[C@H](C(=O)NCC(C)C)N(Cc1ccc(Cl)c(Cl)c1)C(=O)CN(c1ccc(OC)cc1)S(C)(=O)=O. The third-order valence-electron chi connectivity index (χ3n) is 5.45. The van der Waals surface area contributed by atoms with Crippen LogP contribution in [0.25, 0.3) is 0 Å². The summed E-state index contributed by atoms with van der Waals surface area (Å²) < 4.78 is 31.4. The van der Waals surface area contributed by atoms with Gasteiger partial charge in [0.1, 0.15) is 18.3 Å². The highest BCUT2D eigenvalue weighted by Crippen LogP contribution is 2.25. The number of anilines is 1. The molecule has 0 spiro atoms. The van der Waals surface area contributed by atoms with Crippen LogP contribution in [0.4, 0.5) is 5.69 Å². The number of carbonyl (C=O) groups is 2. The van der Waals surface area contributed by atoms with Crippen LogP contribution in [0, 0.1) is 5.92 Å². The molecule has 11 heteroatoms. The average molecular weight is 559 g/mol. The molecule has 198 valence electrons. The van der Waals surface area contributed by atoms with Gasteiger partial charge in [0.05, 0.1) is 29.1 Å². The molecule has 36 heavy (non-hydrogen) atoms. The number of sulfonamides is 1. The van der Waals surface area contributed by atoms with Gasteiger partial charge in [0.2, 0.25) is 21.8 Å². The molecule has 2 amide bonds. The lowest BCUT2D eigenvalue weighted by atomic mass is 10.1. The molecule has 0 saturated carbocycles. The van der Waals surface area contributed by atoms with Crippen molar-refractivity contribution in [2.24, 2.45) is 5.92 Å². The third-order valence-corrected chi connectivity index (χ3v) is 7.33. The fourth-order valence-electron chi connectivity index (χ4n) is 3.54. The third kappa shape index (κ3) is 8.28. The number of rotatable bonds is 12. The second-order valence-electron chi connectivity index (χ2n) is 8.80. The highest BCUT2D eigenvalue weighted by Gasteiger charge is 2.31. The van der Waals surface area contributed by atoms with E-state index < -0.39 is 28.5 Å². The molecule has 0 heterocycles. The zero-order valence-electron chi connectivity index (χ0n) is 21.1. The lowest BCUT2D eigenvalue weighted by Crippen LogP contribution is -2.52. The van der Waals surface area contributed by atoms with Crippen LogP contribution in [0.1, 0.15) is 32.8 Å². The van der Waals surface area contributed by atoms with E-state index in [1.807, 2.05) is 13.8 Å². The second-order valence-corrected chi connectivity index (χ2v) is 11.5. The Kier molecular flexibility index (Phi) is 10.9. The zero-order valence-corrected chi connectivity index (χ0v) is 23.5. The fraction of sp³-hybridized carbons (Fsp3) is 0.440. The number of benzene rings is 2. The van der Waals surface area contributed by atoms with Crippen LogP contribution in [0.5, 0.6) is 5.75 Å². The molecule has 0 aliphatic carbocycles. The molecule has 2 aromatic rings. The topological polar surface area (TPSA) is 96.0 Å². The maximum Gasteiger partial charge on any atom is 0.244 e. The summed E-state index contributed by atoms with van der Waals surface area (Å²) in [6, 6.07) is 10.5. The molecule has 2 aromatic carbocycles. The van der Waals surface area contributed by atoms with E-state index >= 15 is 0 Å². The van der Waals surface area contributed by atoms with Crippen LogP contribution in [0.2, 0.25) is 10.0 Å². The van der Waals surface area contributed by atoms with E-state index in [0.29, 0.717) is 40.0 Å². The van der Waals surface area contributed by atoms with Crippen LogP contribution >= 0.6 is 23.2 Å². The van der Waals surface area contributed by atoms with E-state index in [9.17, 15) is 18.0 Å². The lowest BCUT2D eigenvalue weighted by molar-refractivity contribution is -0.140. The fourth-order valence-corrected chi connectivity index (χ4v) is 4.71. The summed E-state index contributed by atoms with van der Waals surface area (Å²) in [5.41, 5.74) is 0.960. The number of hydrogen-bond acceptors (Lipinski definition) is 5. The summed E-state index contributed by atoms with van der Waals surface area (Å²) in [5, 5.41) is 3.56. The Morgan fingerprint density at radius 1 is 1.06 bits per heavy atom. The molecule has 0 saturated heterocycles. The lowest BCUT2D eigenvalue weighted by Gasteiger charge is -2.33. The van der Waals surface area contributed by atoms with E-state index in [-0.39, 0.29) is 18.4 Å². The Morgan fingerprint density at radius 2 is 1.69 bits per heavy atom. The molecular formula is C25H33Cl2N3O5S. The van der Waals surface area contributed by atoms with Crippen LogP contribution in [0.3, 0.4) is 0 Å². The van der Waals surface area contributed by atoms with E-state index in [1.165, 1.54) is 12.0 Å². The Labute approximate surface area is 223 Å². The molecule has 2 rings (SSSR count). The Balaban J connectivity index is 2.43. The number of nitrogens with zero attached hydrogens (tertiary/aromatic N) is 2. The van der Waals surface area contributed by atoms with Gasteiger partial charge in [-0.25, -0.2) is 8.42 Å². The summed E-state index contributed by atoms with van der Waals surface area (Å²) in [5.74, 6) is -0.0713. The summed E-state index contributed by atoms with van der Waals surface area (Å²) in [4.78, 5) is 28.1. The molecule has 1 N–H and O–H groups in total. The molecule has 0 bridgehead atoms. The van der Waals surface area contributed by atoms with Crippen molar-refractivity contribution in [2.75, 3.05) is 30.8 Å². The second kappa shape index (κ2) is 13.2. The summed E-state index contributed by atoms with van der Waals surface area (Å²) in [6.45, 7) is 5.75. The quantitative estimate of drug-likeness (QED) is 0.418. The average Bonchev–Trinajstić information content (AvgIpc) is 2.82. The Hall–Kier alpha value is -2.49. The molecule has 1 atom stereocenters. The van der Waals surface area contributed by atoms with Crippen molar-refractivity contribution >= 4 is 50.7 Å². The van der Waals surface area contributed by atoms with Crippen molar-refractivity contribution < 1.29 is 22.7 Å². The van der Waals surface area contributed by atoms with Gasteiger partial charge >= 0.3 is 0 Å². The van der Waals surface area contributed by atoms with Crippen molar-refractivity contribution in [1.29, 1.82) is 0 Å². The highest BCUT2D eigenvalue weighted by atomic mass is 35.5. The number of ether oxygens (including phenoxy) is 1.